The molecule has 0 aliphatic heterocycles. The molecule has 18 heavy (non-hydrogen) atoms. The van der Waals surface area contributed by atoms with E-state index in [4.69, 9.17) is 5.26 Å². The third kappa shape index (κ3) is 3.80. The monoisotopic (exact) mass is 243 g/mol. The number of ether oxygens (including phenoxy) is 1. The van der Waals surface area contributed by atoms with Gasteiger partial charge in [0.15, 0.2) is 0 Å². The summed E-state index contributed by atoms with van der Waals surface area (Å²) in [6, 6.07) is 11.0. The zero-order valence-electron chi connectivity index (χ0n) is 9.96. The number of hydrogen-bond acceptors (Lipinski definition) is 4. The highest BCUT2D eigenvalue weighted by atomic mass is 16.5. The molecule has 0 saturated carbocycles. The van der Waals surface area contributed by atoms with Crippen LogP contribution in [0.25, 0.3) is 5.57 Å². The Hall–Kier alpha value is -2.54. The highest BCUT2D eigenvalue weighted by Crippen LogP contribution is 2.13. The molecular weight excluding hydrogens is 230 g/mol. The Bertz CT molecular complexity index is 510. The Labute approximate surface area is 105 Å². The largest absolute Gasteiger partial charge is 0.502 e. The molecule has 0 saturated heterocycles. The number of carbonyl (C=O) groups excluding carboxylic acids is 1. The fourth-order valence-electron chi connectivity index (χ4n) is 1.25. The van der Waals surface area contributed by atoms with Crippen molar-refractivity contribution < 1.29 is 14.6 Å². The van der Waals surface area contributed by atoms with Gasteiger partial charge in [0.25, 0.3) is 0 Å². The Morgan fingerprint density at radius 1 is 1.39 bits per heavy atom. The van der Waals surface area contributed by atoms with E-state index in [0.717, 1.165) is 6.08 Å². The minimum absolute atomic E-state index is 0.185. The number of aliphatic hydroxyl groups is 1. The molecular formula is C14H13NO3. The van der Waals surface area contributed by atoms with Crippen molar-refractivity contribution in [3.05, 3.63) is 53.8 Å². The van der Waals surface area contributed by atoms with Gasteiger partial charge in [-0.1, -0.05) is 30.3 Å². The summed E-state index contributed by atoms with van der Waals surface area (Å²) in [5.74, 6) is -1.33. The molecule has 1 aromatic carbocycles. The normalized spacial score (nSPS) is 11.8. The molecule has 0 atom stereocenters. The van der Waals surface area contributed by atoms with Crippen molar-refractivity contribution in [2.45, 2.75) is 6.92 Å². The molecule has 4 nitrogen and oxygen atoms in total. The molecule has 0 unspecified atom stereocenters. The first-order valence-corrected chi connectivity index (χ1v) is 5.42. The molecule has 1 N–H and O–H groups in total. The Balaban J connectivity index is 2.91. The quantitative estimate of drug-likeness (QED) is 0.290. The van der Waals surface area contributed by atoms with Crippen LogP contribution in [0.3, 0.4) is 0 Å². The first-order valence-electron chi connectivity index (χ1n) is 5.42. The molecule has 92 valence electrons. The van der Waals surface area contributed by atoms with E-state index in [1.807, 2.05) is 12.1 Å². The van der Waals surface area contributed by atoms with Crippen LogP contribution in [-0.4, -0.2) is 17.7 Å². The summed E-state index contributed by atoms with van der Waals surface area (Å²) < 4.78 is 4.61. The number of aliphatic hydroxyl groups excluding tert-OH is 1. The molecule has 0 bridgehead atoms. The van der Waals surface area contributed by atoms with Crippen LogP contribution in [-0.2, 0) is 9.53 Å². The van der Waals surface area contributed by atoms with E-state index in [9.17, 15) is 9.90 Å². The second-order valence-electron chi connectivity index (χ2n) is 3.33. The number of nitriles is 1. The molecule has 1 aromatic rings. The third-order valence-electron chi connectivity index (χ3n) is 2.10. The second kappa shape index (κ2) is 6.92. The van der Waals surface area contributed by atoms with Crippen LogP contribution in [0.2, 0.25) is 0 Å². The van der Waals surface area contributed by atoms with E-state index in [2.05, 4.69) is 4.74 Å². The zero-order chi connectivity index (χ0) is 13.4. The minimum Gasteiger partial charge on any atom is -0.502 e. The maximum Gasteiger partial charge on any atom is 0.373 e. The van der Waals surface area contributed by atoms with Crippen molar-refractivity contribution in [1.29, 1.82) is 5.26 Å². The third-order valence-corrected chi connectivity index (χ3v) is 2.10. The summed E-state index contributed by atoms with van der Waals surface area (Å²) >= 11 is 0. The van der Waals surface area contributed by atoms with Crippen molar-refractivity contribution in [1.82, 2.24) is 0 Å². The van der Waals surface area contributed by atoms with E-state index < -0.39 is 11.7 Å². The molecule has 0 spiro atoms. The molecule has 0 heterocycles. The number of carbonyl (C=O) groups is 1. The van der Waals surface area contributed by atoms with Crippen LogP contribution in [0.4, 0.5) is 0 Å². The number of rotatable bonds is 4. The smallest absolute Gasteiger partial charge is 0.373 e. The maximum atomic E-state index is 11.1. The highest BCUT2D eigenvalue weighted by molar-refractivity contribution is 5.87. The van der Waals surface area contributed by atoms with Gasteiger partial charge in [0.1, 0.15) is 0 Å². The van der Waals surface area contributed by atoms with Gasteiger partial charge in [0, 0.05) is 0 Å². The van der Waals surface area contributed by atoms with E-state index >= 15 is 0 Å². The molecule has 0 aromatic heterocycles. The van der Waals surface area contributed by atoms with Crippen molar-refractivity contribution in [3.8, 4) is 6.07 Å². The van der Waals surface area contributed by atoms with Crippen molar-refractivity contribution in [3.63, 3.8) is 0 Å². The number of nitrogens with zero attached hydrogens (tertiary/aromatic N) is 1. The number of allylic oxidation sites excluding steroid dienone is 3. The summed E-state index contributed by atoms with van der Waals surface area (Å²) in [6.07, 6.45) is 2.53. The van der Waals surface area contributed by atoms with Gasteiger partial charge in [-0.3, -0.25) is 0 Å². The Morgan fingerprint density at radius 2 is 2.06 bits per heavy atom. The lowest BCUT2D eigenvalue weighted by molar-refractivity contribution is -0.141. The molecule has 0 amide bonds. The highest BCUT2D eigenvalue weighted by Gasteiger charge is 2.06. The fourth-order valence-corrected chi connectivity index (χ4v) is 1.25. The minimum atomic E-state index is -0.806. The van der Waals surface area contributed by atoms with Crippen LogP contribution in [0.1, 0.15) is 12.5 Å². The summed E-state index contributed by atoms with van der Waals surface area (Å²) in [5.41, 5.74) is 1.07. The van der Waals surface area contributed by atoms with Crippen molar-refractivity contribution in [2.24, 2.45) is 0 Å². The van der Waals surface area contributed by atoms with Gasteiger partial charge in [-0.2, -0.15) is 5.26 Å². The molecule has 0 fully saturated rings. The van der Waals surface area contributed by atoms with Crippen LogP contribution in [0, 0.1) is 11.3 Å². The summed E-state index contributed by atoms with van der Waals surface area (Å²) in [4.78, 5) is 11.1. The van der Waals surface area contributed by atoms with Gasteiger partial charge in [-0.25, -0.2) is 4.79 Å². The first kappa shape index (κ1) is 13.5. The lowest BCUT2D eigenvalue weighted by Crippen LogP contribution is -2.06. The topological polar surface area (TPSA) is 70.3 Å². The van der Waals surface area contributed by atoms with E-state index in [-0.39, 0.29) is 6.61 Å². The Kier molecular flexibility index (Phi) is 5.20. The lowest BCUT2D eigenvalue weighted by Gasteiger charge is -1.99. The molecule has 0 aliphatic rings. The number of hydrogen-bond donors (Lipinski definition) is 1. The number of benzene rings is 1. The maximum absolute atomic E-state index is 11.1. The van der Waals surface area contributed by atoms with Crippen LogP contribution in [0.5, 0.6) is 0 Å². The van der Waals surface area contributed by atoms with Gasteiger partial charge < -0.3 is 9.84 Å². The lowest BCUT2D eigenvalue weighted by atomic mass is 10.1. The second-order valence-corrected chi connectivity index (χ2v) is 3.33. The van der Waals surface area contributed by atoms with Gasteiger partial charge in [-0.15, -0.1) is 0 Å². The summed E-state index contributed by atoms with van der Waals surface area (Å²) in [7, 11) is 0. The first-order chi connectivity index (χ1) is 8.69. The summed E-state index contributed by atoms with van der Waals surface area (Å²) in [5, 5.41) is 18.4. The van der Waals surface area contributed by atoms with E-state index in [1.165, 1.54) is 6.08 Å². The molecule has 4 heteroatoms. The SMILES string of the molecule is CCOC(=O)C(O)=CC=C(C#N)c1ccccc1. The van der Waals surface area contributed by atoms with Gasteiger partial charge >= 0.3 is 5.97 Å². The number of esters is 1. The van der Waals surface area contributed by atoms with Gasteiger partial charge in [0.2, 0.25) is 5.76 Å². The zero-order valence-corrected chi connectivity index (χ0v) is 9.96. The van der Waals surface area contributed by atoms with E-state index in [1.54, 1.807) is 31.2 Å². The predicted octanol–water partition coefficient (Wildman–Crippen LogP) is 2.60. The van der Waals surface area contributed by atoms with Crippen LogP contribution in [0.15, 0.2) is 48.2 Å². The molecule has 0 radical (unpaired) electrons. The standard InChI is InChI=1S/C14H13NO3/c1-2-18-14(17)13(16)9-8-12(10-15)11-6-4-3-5-7-11/h3-9,16H,2H2,1H3. The summed E-state index contributed by atoms with van der Waals surface area (Å²) in [6.45, 7) is 1.83. The van der Waals surface area contributed by atoms with Crippen molar-refractivity contribution >= 4 is 11.5 Å². The predicted molar refractivity (Wildman–Crippen MR) is 67.4 cm³/mol. The van der Waals surface area contributed by atoms with Crippen molar-refractivity contribution in [2.75, 3.05) is 6.61 Å². The van der Waals surface area contributed by atoms with Crippen LogP contribution < -0.4 is 0 Å². The van der Waals surface area contributed by atoms with Gasteiger partial charge in [0.05, 0.1) is 18.2 Å². The van der Waals surface area contributed by atoms with E-state index in [0.29, 0.717) is 11.1 Å². The fraction of sp³-hybridized carbons (Fsp3) is 0.143. The van der Waals surface area contributed by atoms with Gasteiger partial charge in [-0.05, 0) is 24.6 Å². The molecule has 0 aliphatic carbocycles. The van der Waals surface area contributed by atoms with Crippen LogP contribution >= 0.6 is 0 Å². The Morgan fingerprint density at radius 3 is 2.61 bits per heavy atom. The molecule has 1 rings (SSSR count). The average Bonchev–Trinajstić information content (AvgIpc) is 2.40. The average molecular weight is 243 g/mol.